The smallest absolute Gasteiger partial charge is 0.226 e. The lowest BCUT2D eigenvalue weighted by atomic mass is 9.49. The molecule has 1 aromatic carbocycles. The first-order chi connectivity index (χ1) is 12.5. The van der Waals surface area contributed by atoms with Gasteiger partial charge in [-0.25, -0.2) is 4.98 Å². The summed E-state index contributed by atoms with van der Waals surface area (Å²) in [4.78, 5) is 21.0. The van der Waals surface area contributed by atoms with E-state index in [9.17, 15) is 4.79 Å². The van der Waals surface area contributed by atoms with Crippen molar-refractivity contribution in [3.63, 3.8) is 0 Å². The van der Waals surface area contributed by atoms with Gasteiger partial charge in [0.15, 0.2) is 0 Å². The highest BCUT2D eigenvalue weighted by Crippen LogP contribution is 2.64. The van der Waals surface area contributed by atoms with E-state index in [2.05, 4.69) is 37.3 Å². The third-order valence-corrected chi connectivity index (χ3v) is 7.71. The SMILES string of the molecule is O=C(NCCCc1nc2ccccc2[nH]1)C12CC3CC(CC(Br)(C3)C1)C2. The van der Waals surface area contributed by atoms with Gasteiger partial charge in [0.25, 0.3) is 0 Å². The predicted molar refractivity (Wildman–Crippen MR) is 106 cm³/mol. The highest BCUT2D eigenvalue weighted by Gasteiger charge is 2.59. The van der Waals surface area contributed by atoms with Crippen LogP contribution in [0.15, 0.2) is 24.3 Å². The molecule has 4 aliphatic rings. The van der Waals surface area contributed by atoms with Crippen LogP contribution in [0.2, 0.25) is 0 Å². The molecule has 2 aromatic rings. The van der Waals surface area contributed by atoms with Gasteiger partial charge in [0.05, 0.1) is 16.4 Å². The Labute approximate surface area is 162 Å². The second-order valence-electron chi connectivity index (χ2n) is 8.95. The predicted octanol–water partition coefficient (Wildman–Crippen LogP) is 4.35. The summed E-state index contributed by atoms with van der Waals surface area (Å²) >= 11 is 4.00. The summed E-state index contributed by atoms with van der Waals surface area (Å²) in [6, 6.07) is 8.11. The van der Waals surface area contributed by atoms with Gasteiger partial charge in [-0.2, -0.15) is 0 Å². The molecule has 138 valence electrons. The number of carbonyl (C=O) groups excluding carboxylic acids is 1. The van der Waals surface area contributed by atoms with Crippen LogP contribution in [0.3, 0.4) is 0 Å². The highest BCUT2D eigenvalue weighted by atomic mass is 79.9. The number of H-pyrrole nitrogens is 1. The van der Waals surface area contributed by atoms with E-state index in [1.54, 1.807) is 0 Å². The zero-order chi connectivity index (χ0) is 17.8. The van der Waals surface area contributed by atoms with E-state index >= 15 is 0 Å². The van der Waals surface area contributed by atoms with Crippen molar-refractivity contribution in [2.24, 2.45) is 17.3 Å². The maximum Gasteiger partial charge on any atom is 0.226 e. The van der Waals surface area contributed by atoms with Crippen LogP contribution < -0.4 is 5.32 Å². The third-order valence-electron chi connectivity index (χ3n) is 6.79. The van der Waals surface area contributed by atoms with Gasteiger partial charge in [-0.3, -0.25) is 4.79 Å². The fraction of sp³-hybridized carbons (Fsp3) is 0.619. The molecule has 0 saturated heterocycles. The number of aromatic nitrogens is 2. The normalized spacial score (nSPS) is 35.1. The molecule has 0 aliphatic heterocycles. The maximum absolute atomic E-state index is 13.0. The number of aromatic amines is 1. The third kappa shape index (κ3) is 2.88. The molecule has 2 unspecified atom stereocenters. The molecule has 1 heterocycles. The minimum Gasteiger partial charge on any atom is -0.356 e. The lowest BCUT2D eigenvalue weighted by Crippen LogP contribution is -2.58. The summed E-state index contributed by atoms with van der Waals surface area (Å²) in [6.07, 6.45) is 8.91. The van der Waals surface area contributed by atoms with Gasteiger partial charge in [-0.15, -0.1) is 0 Å². The number of rotatable bonds is 5. The van der Waals surface area contributed by atoms with Crippen molar-refractivity contribution < 1.29 is 4.79 Å². The Bertz CT molecular complexity index is 798. The Morgan fingerprint density at radius 1 is 1.23 bits per heavy atom. The van der Waals surface area contributed by atoms with Crippen LogP contribution in [-0.2, 0) is 11.2 Å². The molecule has 26 heavy (non-hydrogen) atoms. The molecule has 1 amide bonds. The monoisotopic (exact) mass is 415 g/mol. The summed E-state index contributed by atoms with van der Waals surface area (Å²) in [6.45, 7) is 0.738. The zero-order valence-electron chi connectivity index (χ0n) is 15.1. The van der Waals surface area contributed by atoms with E-state index < -0.39 is 0 Å². The Morgan fingerprint density at radius 3 is 2.73 bits per heavy atom. The first kappa shape index (κ1) is 16.8. The minimum atomic E-state index is -0.104. The Hall–Kier alpha value is -1.36. The molecular weight excluding hydrogens is 390 g/mol. The van der Waals surface area contributed by atoms with Crippen LogP contribution in [0.5, 0.6) is 0 Å². The van der Waals surface area contributed by atoms with Crippen LogP contribution in [0.1, 0.15) is 50.8 Å². The topological polar surface area (TPSA) is 57.8 Å². The first-order valence-corrected chi connectivity index (χ1v) is 10.7. The lowest BCUT2D eigenvalue weighted by molar-refractivity contribution is -0.144. The van der Waals surface area contributed by atoms with Crippen LogP contribution in [0.4, 0.5) is 0 Å². The maximum atomic E-state index is 13.0. The van der Waals surface area contributed by atoms with Crippen molar-refractivity contribution in [3.8, 4) is 0 Å². The summed E-state index contributed by atoms with van der Waals surface area (Å²) in [5.41, 5.74) is 2.00. The van der Waals surface area contributed by atoms with Gasteiger partial charge < -0.3 is 10.3 Å². The van der Waals surface area contributed by atoms with Crippen molar-refractivity contribution in [1.82, 2.24) is 15.3 Å². The molecule has 4 aliphatic carbocycles. The molecule has 4 nitrogen and oxygen atoms in total. The molecule has 0 spiro atoms. The van der Waals surface area contributed by atoms with Crippen LogP contribution in [0.25, 0.3) is 11.0 Å². The molecule has 1 aromatic heterocycles. The fourth-order valence-corrected chi connectivity index (χ4v) is 7.64. The lowest BCUT2D eigenvalue weighted by Gasteiger charge is -2.59. The van der Waals surface area contributed by atoms with Gasteiger partial charge in [-0.1, -0.05) is 28.1 Å². The summed E-state index contributed by atoms with van der Waals surface area (Å²) in [5, 5.41) is 3.26. The van der Waals surface area contributed by atoms with Crippen molar-refractivity contribution in [2.45, 2.75) is 55.7 Å². The van der Waals surface area contributed by atoms with Crippen molar-refractivity contribution in [2.75, 3.05) is 6.54 Å². The Balaban J connectivity index is 1.18. The van der Waals surface area contributed by atoms with Crippen LogP contribution in [0, 0.1) is 17.3 Å². The molecule has 4 bridgehead atoms. The Morgan fingerprint density at radius 2 is 2.00 bits per heavy atom. The number of benzene rings is 1. The molecule has 5 heteroatoms. The fourth-order valence-electron chi connectivity index (χ4n) is 6.19. The number of carbonyl (C=O) groups is 1. The number of nitrogens with one attached hydrogen (secondary N) is 2. The number of hydrogen-bond acceptors (Lipinski definition) is 2. The van der Waals surface area contributed by atoms with Gasteiger partial charge in [-0.05, 0) is 68.9 Å². The second kappa shape index (κ2) is 6.08. The van der Waals surface area contributed by atoms with E-state index in [1.165, 1.54) is 19.3 Å². The number of halogens is 1. The van der Waals surface area contributed by atoms with Crippen molar-refractivity contribution in [3.05, 3.63) is 30.1 Å². The Kier molecular flexibility index (Phi) is 3.93. The standard InChI is InChI=1S/C21H26BrN3O/c22-21-11-14-8-15(12-21)10-20(9-14,13-21)19(26)23-7-3-6-18-24-16-4-1-2-5-17(16)25-18/h1-2,4-5,14-15H,3,6-13H2,(H,23,26)(H,24,25). The van der Waals surface area contributed by atoms with Crippen molar-refractivity contribution >= 4 is 32.9 Å². The van der Waals surface area contributed by atoms with Crippen LogP contribution >= 0.6 is 15.9 Å². The molecule has 0 radical (unpaired) electrons. The molecule has 2 N–H and O–H groups in total. The van der Waals surface area contributed by atoms with E-state index in [1.807, 2.05) is 18.2 Å². The number of para-hydroxylation sites is 2. The van der Waals surface area contributed by atoms with E-state index in [0.717, 1.165) is 67.3 Å². The van der Waals surface area contributed by atoms with Gasteiger partial charge in [0, 0.05) is 17.3 Å². The first-order valence-electron chi connectivity index (χ1n) is 9.95. The van der Waals surface area contributed by atoms with Crippen molar-refractivity contribution in [1.29, 1.82) is 0 Å². The number of aryl methyl sites for hydroxylation is 1. The number of imidazole rings is 1. The highest BCUT2D eigenvalue weighted by molar-refractivity contribution is 9.10. The zero-order valence-corrected chi connectivity index (χ0v) is 16.6. The van der Waals surface area contributed by atoms with Gasteiger partial charge in [0.1, 0.15) is 5.82 Å². The number of nitrogens with zero attached hydrogens (tertiary/aromatic N) is 1. The van der Waals surface area contributed by atoms with E-state index in [4.69, 9.17) is 0 Å². The quantitative estimate of drug-likeness (QED) is 0.563. The summed E-state index contributed by atoms with van der Waals surface area (Å²) in [5.74, 6) is 2.81. The van der Waals surface area contributed by atoms with E-state index in [-0.39, 0.29) is 9.74 Å². The largest absolute Gasteiger partial charge is 0.356 e. The summed E-state index contributed by atoms with van der Waals surface area (Å²) in [7, 11) is 0. The average Bonchev–Trinajstić information content (AvgIpc) is 2.99. The van der Waals surface area contributed by atoms with Gasteiger partial charge >= 0.3 is 0 Å². The molecular formula is C21H26BrN3O. The van der Waals surface area contributed by atoms with Gasteiger partial charge in [0.2, 0.25) is 5.91 Å². The second-order valence-corrected chi connectivity index (χ2v) is 10.6. The minimum absolute atomic E-state index is 0.104. The molecule has 2 atom stereocenters. The number of fused-ring (bicyclic) bond motifs is 1. The average molecular weight is 416 g/mol. The summed E-state index contributed by atoms with van der Waals surface area (Å²) < 4.78 is 0.239. The molecule has 6 rings (SSSR count). The number of alkyl halides is 1. The van der Waals surface area contributed by atoms with E-state index in [0.29, 0.717) is 5.91 Å². The number of hydrogen-bond donors (Lipinski definition) is 2. The number of amides is 1. The molecule has 4 fully saturated rings. The molecule has 4 saturated carbocycles. The van der Waals surface area contributed by atoms with Crippen LogP contribution in [-0.4, -0.2) is 26.7 Å².